The van der Waals surface area contributed by atoms with Gasteiger partial charge in [0.1, 0.15) is 0 Å². The lowest BCUT2D eigenvalue weighted by atomic mass is 9.75. The molecule has 1 aliphatic carbocycles. The number of allylic oxidation sites excluding steroid dienone is 2. The fourth-order valence-electron chi connectivity index (χ4n) is 2.19. The van der Waals surface area contributed by atoms with Crippen molar-refractivity contribution in [3.63, 3.8) is 0 Å². The van der Waals surface area contributed by atoms with E-state index in [0.29, 0.717) is 11.3 Å². The quantitative estimate of drug-likeness (QED) is 0.682. The van der Waals surface area contributed by atoms with Crippen LogP contribution in [0.2, 0.25) is 0 Å². The van der Waals surface area contributed by atoms with Gasteiger partial charge in [0.25, 0.3) is 0 Å². The molecular weight excluding hydrogens is 160 g/mol. The second-order valence-electron chi connectivity index (χ2n) is 3.93. The third-order valence-electron chi connectivity index (χ3n) is 3.06. The average molecular weight is 177 g/mol. The second kappa shape index (κ2) is 3.64. The van der Waals surface area contributed by atoms with Gasteiger partial charge in [-0.3, -0.25) is 0 Å². The van der Waals surface area contributed by atoms with Gasteiger partial charge >= 0.3 is 0 Å². The number of hydrogen-bond donors (Lipinski definition) is 1. The van der Waals surface area contributed by atoms with E-state index in [0.717, 1.165) is 26.2 Å². The number of fused-ring (bicyclic) bond motifs is 1. The molecule has 0 saturated carbocycles. The van der Waals surface area contributed by atoms with E-state index in [1.54, 1.807) is 0 Å². The van der Waals surface area contributed by atoms with Crippen molar-refractivity contribution in [3.8, 4) is 0 Å². The lowest BCUT2D eigenvalue weighted by Crippen LogP contribution is -2.38. The summed E-state index contributed by atoms with van der Waals surface area (Å²) in [6.45, 7) is 6.27. The molecule has 2 atom stereocenters. The molecule has 0 spiro atoms. The molecule has 0 aromatic heterocycles. The highest BCUT2D eigenvalue weighted by atomic mass is 15.0. The molecule has 0 aromatic carbocycles. The Morgan fingerprint density at radius 1 is 1.54 bits per heavy atom. The molecule has 71 valence electrons. The summed E-state index contributed by atoms with van der Waals surface area (Å²) in [5, 5.41) is 7.95. The molecule has 1 N–H and O–H groups in total. The lowest BCUT2D eigenvalue weighted by Gasteiger charge is -2.31. The van der Waals surface area contributed by atoms with Crippen molar-refractivity contribution in [2.24, 2.45) is 11.3 Å². The normalized spacial score (nSPS) is 36.5. The molecular formula is C11H17N2. The van der Waals surface area contributed by atoms with E-state index in [9.17, 15) is 0 Å². The zero-order valence-electron chi connectivity index (χ0n) is 8.16. The molecule has 1 heterocycles. The number of nitrogens with one attached hydrogen (secondary N) is 1. The third-order valence-corrected chi connectivity index (χ3v) is 3.06. The summed E-state index contributed by atoms with van der Waals surface area (Å²) in [6, 6.07) is 0. The molecule has 1 radical (unpaired) electrons. The molecule has 0 bridgehead atoms. The minimum absolute atomic E-state index is 0.296. The van der Waals surface area contributed by atoms with Crippen molar-refractivity contribution < 1.29 is 0 Å². The monoisotopic (exact) mass is 177 g/mol. The van der Waals surface area contributed by atoms with Gasteiger partial charge in [-0.15, -0.1) is 0 Å². The van der Waals surface area contributed by atoms with Gasteiger partial charge in [0.05, 0.1) is 0 Å². The topological polar surface area (TPSA) is 26.1 Å². The Labute approximate surface area is 80.1 Å². The van der Waals surface area contributed by atoms with Crippen LogP contribution in [0.15, 0.2) is 24.3 Å². The summed E-state index contributed by atoms with van der Waals surface area (Å²) >= 11 is 0. The Morgan fingerprint density at radius 3 is 3.31 bits per heavy atom. The van der Waals surface area contributed by atoms with Crippen molar-refractivity contribution in [2.45, 2.75) is 6.92 Å². The zero-order valence-corrected chi connectivity index (χ0v) is 8.16. The Kier molecular flexibility index (Phi) is 2.51. The molecule has 2 aliphatic rings. The van der Waals surface area contributed by atoms with Crippen LogP contribution in [-0.2, 0) is 0 Å². The second-order valence-corrected chi connectivity index (χ2v) is 3.93. The van der Waals surface area contributed by atoms with Crippen LogP contribution in [-0.4, -0.2) is 26.2 Å². The van der Waals surface area contributed by atoms with Crippen LogP contribution >= 0.6 is 0 Å². The van der Waals surface area contributed by atoms with Gasteiger partial charge in [-0.05, 0) is 6.54 Å². The van der Waals surface area contributed by atoms with Crippen LogP contribution in [0, 0.1) is 11.3 Å². The Hall–Kier alpha value is -0.600. The molecule has 1 saturated heterocycles. The summed E-state index contributed by atoms with van der Waals surface area (Å²) in [5.41, 5.74) is 0.296. The molecule has 2 rings (SSSR count). The Bertz CT molecular complexity index is 232. The highest BCUT2D eigenvalue weighted by Crippen LogP contribution is 2.36. The molecule has 1 aliphatic heterocycles. The van der Waals surface area contributed by atoms with Crippen LogP contribution in [0.25, 0.3) is 0 Å². The average Bonchev–Trinajstić information content (AvgIpc) is 2.58. The largest absolute Gasteiger partial charge is 0.316 e. The van der Waals surface area contributed by atoms with Gasteiger partial charge in [-0.25, -0.2) is 5.32 Å². The van der Waals surface area contributed by atoms with E-state index < -0.39 is 0 Å². The number of rotatable bonds is 3. The fourth-order valence-corrected chi connectivity index (χ4v) is 2.19. The first-order valence-corrected chi connectivity index (χ1v) is 5.07. The highest BCUT2D eigenvalue weighted by molar-refractivity contribution is 5.23. The number of nitrogens with zero attached hydrogens (tertiary/aromatic N) is 1. The van der Waals surface area contributed by atoms with Gasteiger partial charge < -0.3 is 5.32 Å². The molecule has 2 heteroatoms. The van der Waals surface area contributed by atoms with E-state index in [2.05, 4.69) is 41.9 Å². The van der Waals surface area contributed by atoms with Crippen molar-refractivity contribution in [3.05, 3.63) is 24.3 Å². The summed E-state index contributed by atoms with van der Waals surface area (Å²) in [5.74, 6) is 0.636. The highest BCUT2D eigenvalue weighted by Gasteiger charge is 2.40. The molecule has 1 fully saturated rings. The Morgan fingerprint density at radius 2 is 2.46 bits per heavy atom. The maximum absolute atomic E-state index is 4.51. The number of hydrogen-bond acceptors (Lipinski definition) is 1. The first kappa shape index (κ1) is 8.97. The minimum atomic E-state index is 0.296. The van der Waals surface area contributed by atoms with E-state index in [-0.39, 0.29) is 0 Å². The van der Waals surface area contributed by atoms with Crippen LogP contribution in [0.4, 0.5) is 0 Å². The van der Waals surface area contributed by atoms with E-state index in [1.807, 2.05) is 0 Å². The van der Waals surface area contributed by atoms with Crippen molar-refractivity contribution in [2.75, 3.05) is 26.2 Å². The maximum atomic E-state index is 4.51. The van der Waals surface area contributed by atoms with Gasteiger partial charge in [-0.1, -0.05) is 31.2 Å². The third kappa shape index (κ3) is 1.56. The zero-order chi connectivity index (χ0) is 9.15. The van der Waals surface area contributed by atoms with E-state index in [1.165, 1.54) is 0 Å². The molecule has 0 amide bonds. The van der Waals surface area contributed by atoms with Crippen molar-refractivity contribution in [1.29, 1.82) is 0 Å². The lowest BCUT2D eigenvalue weighted by molar-refractivity contribution is 0.332. The Balaban J connectivity index is 2.09. The van der Waals surface area contributed by atoms with Gasteiger partial charge in [0.2, 0.25) is 0 Å². The van der Waals surface area contributed by atoms with Crippen molar-refractivity contribution in [1.82, 2.24) is 10.6 Å². The standard InChI is InChI=1S/C11H17N2/c1-2-12-8-11-6-4-3-5-10(11)7-13-9-11/h3-6,10,12H,2,7-9H2,1H3. The summed E-state index contributed by atoms with van der Waals surface area (Å²) < 4.78 is 0. The maximum Gasteiger partial charge on any atom is 0.0243 e. The molecule has 2 unspecified atom stereocenters. The van der Waals surface area contributed by atoms with Crippen LogP contribution in [0.1, 0.15) is 6.92 Å². The molecule has 2 nitrogen and oxygen atoms in total. The smallest absolute Gasteiger partial charge is 0.0243 e. The first-order chi connectivity index (χ1) is 6.37. The van der Waals surface area contributed by atoms with Crippen LogP contribution in [0.3, 0.4) is 0 Å². The van der Waals surface area contributed by atoms with Crippen molar-refractivity contribution >= 4 is 0 Å². The fraction of sp³-hybridized carbons (Fsp3) is 0.636. The summed E-state index contributed by atoms with van der Waals surface area (Å²) in [6.07, 6.45) is 8.94. The molecule has 13 heavy (non-hydrogen) atoms. The van der Waals surface area contributed by atoms with E-state index in [4.69, 9.17) is 0 Å². The van der Waals surface area contributed by atoms with Gasteiger partial charge in [0, 0.05) is 31.0 Å². The van der Waals surface area contributed by atoms with Gasteiger partial charge in [0.15, 0.2) is 0 Å². The predicted octanol–water partition coefficient (Wildman–Crippen LogP) is 0.942. The molecule has 0 aromatic rings. The van der Waals surface area contributed by atoms with Gasteiger partial charge in [-0.2, -0.15) is 0 Å². The minimum Gasteiger partial charge on any atom is -0.316 e. The van der Waals surface area contributed by atoms with E-state index >= 15 is 0 Å². The predicted molar refractivity (Wildman–Crippen MR) is 54.6 cm³/mol. The summed E-state index contributed by atoms with van der Waals surface area (Å²) in [7, 11) is 0. The first-order valence-electron chi connectivity index (χ1n) is 5.07. The van der Waals surface area contributed by atoms with Crippen LogP contribution < -0.4 is 10.6 Å². The summed E-state index contributed by atoms with van der Waals surface area (Å²) in [4.78, 5) is 0. The SMILES string of the molecule is CCNCC12C=CC=CC1C[N]C2. The van der Waals surface area contributed by atoms with Crippen LogP contribution in [0.5, 0.6) is 0 Å².